The minimum Gasteiger partial charge on any atom is -0.462 e. The number of benzene rings is 1. The number of fused-ring (bicyclic) bond motifs is 1. The summed E-state index contributed by atoms with van der Waals surface area (Å²) in [5.74, 6) is -4.31. The normalized spacial score (nSPS) is 16.1. The molecule has 0 unspecified atom stereocenters. The molecule has 1 amide bonds. The van der Waals surface area contributed by atoms with Crippen molar-refractivity contribution in [1.29, 1.82) is 0 Å². The van der Waals surface area contributed by atoms with Gasteiger partial charge >= 0.3 is 11.9 Å². The van der Waals surface area contributed by atoms with E-state index in [2.05, 4.69) is 12.2 Å². The van der Waals surface area contributed by atoms with E-state index in [1.165, 1.54) is 18.3 Å². The highest BCUT2D eigenvalue weighted by Crippen LogP contribution is 2.40. The molecule has 2 atom stereocenters. The maximum absolute atomic E-state index is 13.5. The Bertz CT molecular complexity index is 1070. The van der Waals surface area contributed by atoms with E-state index in [0.29, 0.717) is 35.0 Å². The molecule has 1 heterocycles. The summed E-state index contributed by atoms with van der Waals surface area (Å²) in [4.78, 5) is 38.6. The van der Waals surface area contributed by atoms with Gasteiger partial charge in [0, 0.05) is 4.88 Å². The molecular formula is C22H22ClF2NO5S. The third kappa shape index (κ3) is 5.10. The molecule has 10 heteroatoms. The van der Waals surface area contributed by atoms with E-state index in [1.807, 2.05) is 0 Å². The van der Waals surface area contributed by atoms with Crippen LogP contribution in [0.15, 0.2) is 12.1 Å². The third-order valence-electron chi connectivity index (χ3n) is 5.11. The molecule has 0 radical (unpaired) electrons. The quantitative estimate of drug-likeness (QED) is 0.451. The van der Waals surface area contributed by atoms with E-state index in [-0.39, 0.29) is 11.6 Å². The second-order valence-corrected chi connectivity index (χ2v) is 9.07. The van der Waals surface area contributed by atoms with Crippen LogP contribution in [-0.4, -0.2) is 30.6 Å². The van der Waals surface area contributed by atoms with Gasteiger partial charge in [0.2, 0.25) is 0 Å². The van der Waals surface area contributed by atoms with Crippen LogP contribution >= 0.6 is 22.9 Å². The standard InChI is InChI=1S/C22H22ClF2NO5S/c1-4-30-22(29)18-12-6-5-10(2)7-17(12)32-20(18)26-19(27)11(3)31-21(28)13-8-15(24)16(25)9-14(13)23/h8-11H,4-7H2,1-3H3,(H,26,27)/t10-,11+/m0/s1. The van der Waals surface area contributed by atoms with E-state index in [1.54, 1.807) is 6.92 Å². The van der Waals surface area contributed by atoms with Crippen LogP contribution < -0.4 is 5.32 Å². The number of anilines is 1. The van der Waals surface area contributed by atoms with Crippen LogP contribution in [0.5, 0.6) is 0 Å². The molecule has 6 nitrogen and oxygen atoms in total. The van der Waals surface area contributed by atoms with Crippen molar-refractivity contribution in [2.24, 2.45) is 5.92 Å². The molecule has 1 aliphatic rings. The predicted octanol–water partition coefficient (Wildman–Crippen LogP) is 5.17. The molecular weight excluding hydrogens is 464 g/mol. The molecule has 1 N–H and O–H groups in total. The summed E-state index contributed by atoms with van der Waals surface area (Å²) in [6, 6.07) is 1.26. The number of hydrogen-bond acceptors (Lipinski definition) is 6. The summed E-state index contributed by atoms with van der Waals surface area (Å²) in [6.45, 7) is 5.33. The maximum Gasteiger partial charge on any atom is 0.341 e. The van der Waals surface area contributed by atoms with Gasteiger partial charge in [0.15, 0.2) is 17.7 Å². The molecule has 172 valence electrons. The summed E-state index contributed by atoms with van der Waals surface area (Å²) in [7, 11) is 0. The minimum atomic E-state index is -1.29. The molecule has 0 bridgehead atoms. The van der Waals surface area contributed by atoms with Crippen molar-refractivity contribution < 1.29 is 32.6 Å². The molecule has 0 saturated carbocycles. The molecule has 32 heavy (non-hydrogen) atoms. The van der Waals surface area contributed by atoms with Crippen molar-refractivity contribution >= 4 is 45.8 Å². The number of amides is 1. The van der Waals surface area contributed by atoms with E-state index in [4.69, 9.17) is 21.1 Å². The lowest BCUT2D eigenvalue weighted by molar-refractivity contribution is -0.123. The fraction of sp³-hybridized carbons (Fsp3) is 0.409. The van der Waals surface area contributed by atoms with Crippen LogP contribution in [0.1, 0.15) is 58.3 Å². The molecule has 2 aromatic rings. The topological polar surface area (TPSA) is 81.7 Å². The number of hydrogen-bond donors (Lipinski definition) is 1. The molecule has 1 aromatic heterocycles. The minimum absolute atomic E-state index is 0.191. The zero-order chi connectivity index (χ0) is 23.6. The van der Waals surface area contributed by atoms with Crippen LogP contribution in [0.4, 0.5) is 13.8 Å². The van der Waals surface area contributed by atoms with Gasteiger partial charge in [-0.05, 0) is 56.7 Å². The maximum atomic E-state index is 13.5. The zero-order valence-electron chi connectivity index (χ0n) is 17.7. The van der Waals surface area contributed by atoms with E-state index in [0.717, 1.165) is 23.3 Å². The van der Waals surface area contributed by atoms with Crippen LogP contribution in [0.25, 0.3) is 0 Å². The van der Waals surface area contributed by atoms with Crippen LogP contribution in [-0.2, 0) is 27.1 Å². The second kappa shape index (κ2) is 9.95. The Hall–Kier alpha value is -2.52. The molecule has 0 aliphatic heterocycles. The Morgan fingerprint density at radius 2 is 1.94 bits per heavy atom. The average Bonchev–Trinajstić information content (AvgIpc) is 3.07. The Balaban J connectivity index is 1.78. The van der Waals surface area contributed by atoms with E-state index < -0.39 is 41.1 Å². The van der Waals surface area contributed by atoms with Gasteiger partial charge < -0.3 is 14.8 Å². The molecule has 0 fully saturated rings. The second-order valence-electron chi connectivity index (χ2n) is 7.56. The first-order valence-corrected chi connectivity index (χ1v) is 11.3. The highest BCUT2D eigenvalue weighted by molar-refractivity contribution is 7.17. The summed E-state index contributed by atoms with van der Waals surface area (Å²) in [5, 5.41) is 2.64. The summed E-state index contributed by atoms with van der Waals surface area (Å²) >= 11 is 7.09. The number of carbonyl (C=O) groups excluding carboxylic acids is 3. The fourth-order valence-corrected chi connectivity index (χ4v) is 5.06. The van der Waals surface area contributed by atoms with Gasteiger partial charge in [-0.25, -0.2) is 18.4 Å². The predicted molar refractivity (Wildman–Crippen MR) is 116 cm³/mol. The van der Waals surface area contributed by atoms with Crippen molar-refractivity contribution in [1.82, 2.24) is 0 Å². The SMILES string of the molecule is CCOC(=O)c1c(NC(=O)[C@@H](C)OC(=O)c2cc(F)c(F)cc2Cl)sc2c1CC[C@H](C)C2. The van der Waals surface area contributed by atoms with Gasteiger partial charge in [-0.15, -0.1) is 11.3 Å². The van der Waals surface area contributed by atoms with Gasteiger partial charge in [-0.3, -0.25) is 4.79 Å². The van der Waals surface area contributed by atoms with E-state index in [9.17, 15) is 23.2 Å². The first-order valence-electron chi connectivity index (χ1n) is 10.1. The van der Waals surface area contributed by atoms with Crippen molar-refractivity contribution in [3.63, 3.8) is 0 Å². The number of carbonyl (C=O) groups is 3. The lowest BCUT2D eigenvalue weighted by atomic mass is 9.88. The summed E-state index contributed by atoms with van der Waals surface area (Å²) in [6.07, 6.45) is 1.13. The van der Waals surface area contributed by atoms with Crippen LogP contribution in [0.3, 0.4) is 0 Å². The first-order chi connectivity index (χ1) is 15.1. The van der Waals surface area contributed by atoms with Gasteiger partial charge in [0.25, 0.3) is 5.91 Å². The number of ether oxygens (including phenoxy) is 2. The van der Waals surface area contributed by atoms with E-state index >= 15 is 0 Å². The van der Waals surface area contributed by atoms with Crippen molar-refractivity contribution in [3.05, 3.63) is 50.4 Å². The van der Waals surface area contributed by atoms with Gasteiger partial charge in [-0.1, -0.05) is 18.5 Å². The van der Waals surface area contributed by atoms with Gasteiger partial charge in [0.05, 0.1) is 22.8 Å². The number of esters is 2. The van der Waals surface area contributed by atoms with Crippen molar-refractivity contribution in [2.45, 2.75) is 46.1 Å². The lowest BCUT2D eigenvalue weighted by Crippen LogP contribution is -2.30. The number of rotatable bonds is 6. The summed E-state index contributed by atoms with van der Waals surface area (Å²) in [5.41, 5.74) is 0.798. The highest BCUT2D eigenvalue weighted by Gasteiger charge is 2.30. The van der Waals surface area contributed by atoms with Crippen LogP contribution in [0, 0.1) is 17.6 Å². The Labute approximate surface area is 192 Å². The fourth-order valence-electron chi connectivity index (χ4n) is 3.43. The zero-order valence-corrected chi connectivity index (χ0v) is 19.3. The summed E-state index contributed by atoms with van der Waals surface area (Å²) < 4.78 is 36.9. The third-order valence-corrected chi connectivity index (χ3v) is 6.59. The number of nitrogens with one attached hydrogen (secondary N) is 1. The molecule has 0 saturated heterocycles. The largest absolute Gasteiger partial charge is 0.462 e. The van der Waals surface area contributed by atoms with Gasteiger partial charge in [0.1, 0.15) is 5.00 Å². The van der Waals surface area contributed by atoms with Crippen molar-refractivity contribution in [2.75, 3.05) is 11.9 Å². The number of thiophene rings is 1. The molecule has 0 spiro atoms. The first kappa shape index (κ1) is 24.1. The Morgan fingerprint density at radius 3 is 2.62 bits per heavy atom. The highest BCUT2D eigenvalue weighted by atomic mass is 35.5. The molecule has 1 aliphatic carbocycles. The lowest BCUT2D eigenvalue weighted by Gasteiger charge is -2.18. The smallest absolute Gasteiger partial charge is 0.341 e. The Morgan fingerprint density at radius 1 is 1.25 bits per heavy atom. The molecule has 1 aromatic carbocycles. The molecule has 3 rings (SSSR count). The number of halogens is 3. The monoisotopic (exact) mass is 485 g/mol. The van der Waals surface area contributed by atoms with Crippen molar-refractivity contribution in [3.8, 4) is 0 Å². The van der Waals surface area contributed by atoms with Crippen LogP contribution in [0.2, 0.25) is 5.02 Å². The Kier molecular flexibility index (Phi) is 7.51. The van der Waals surface area contributed by atoms with Gasteiger partial charge in [-0.2, -0.15) is 0 Å². The average molecular weight is 486 g/mol.